The molecule has 1 aromatic rings. The largest absolute Gasteiger partial charge is 0.476 e. The maximum Gasteiger partial charge on any atom is 0.362 e. The van der Waals surface area contributed by atoms with Crippen molar-refractivity contribution in [2.24, 2.45) is 0 Å². The Morgan fingerprint density at radius 1 is 1.60 bits per heavy atom. The fourth-order valence-corrected chi connectivity index (χ4v) is 1.07. The minimum Gasteiger partial charge on any atom is -0.476 e. The highest BCUT2D eigenvalue weighted by molar-refractivity contribution is 5.87. The SMILES string of the molecule is CCOc1oc(C(C)CC)nc1C(=O)O. The maximum absolute atomic E-state index is 10.8. The number of carboxylic acids is 1. The summed E-state index contributed by atoms with van der Waals surface area (Å²) in [5, 5.41) is 8.86. The molecule has 0 bridgehead atoms. The van der Waals surface area contributed by atoms with Crippen molar-refractivity contribution >= 4 is 5.97 Å². The Labute approximate surface area is 88.1 Å². The third-order valence-electron chi connectivity index (χ3n) is 2.12. The summed E-state index contributed by atoms with van der Waals surface area (Å²) in [6.07, 6.45) is 0.838. The van der Waals surface area contributed by atoms with E-state index >= 15 is 0 Å². The van der Waals surface area contributed by atoms with E-state index in [0.29, 0.717) is 12.5 Å². The zero-order valence-corrected chi connectivity index (χ0v) is 9.11. The van der Waals surface area contributed by atoms with Gasteiger partial charge >= 0.3 is 11.9 Å². The molecule has 0 aliphatic heterocycles. The lowest BCUT2D eigenvalue weighted by molar-refractivity contribution is 0.0683. The number of nitrogens with zero attached hydrogens (tertiary/aromatic N) is 1. The fourth-order valence-electron chi connectivity index (χ4n) is 1.07. The minimum absolute atomic E-state index is 0.000278. The van der Waals surface area contributed by atoms with Crippen molar-refractivity contribution in [2.45, 2.75) is 33.1 Å². The zero-order chi connectivity index (χ0) is 11.4. The number of hydrogen-bond donors (Lipinski definition) is 1. The first-order chi connectivity index (χ1) is 7.10. The van der Waals surface area contributed by atoms with Crippen LogP contribution in [0.5, 0.6) is 5.95 Å². The zero-order valence-electron chi connectivity index (χ0n) is 9.11. The molecule has 0 amide bonds. The first-order valence-corrected chi connectivity index (χ1v) is 4.96. The van der Waals surface area contributed by atoms with Gasteiger partial charge in [-0.25, -0.2) is 9.78 Å². The highest BCUT2D eigenvalue weighted by Gasteiger charge is 2.22. The van der Waals surface area contributed by atoms with Crippen LogP contribution in [-0.2, 0) is 0 Å². The van der Waals surface area contributed by atoms with Gasteiger partial charge in [0.05, 0.1) is 6.61 Å². The van der Waals surface area contributed by atoms with Gasteiger partial charge in [-0.2, -0.15) is 0 Å². The molecule has 0 aromatic carbocycles. The van der Waals surface area contributed by atoms with Crippen molar-refractivity contribution in [3.8, 4) is 5.95 Å². The molecule has 0 saturated heterocycles. The predicted octanol–water partition coefficient (Wildman–Crippen LogP) is 2.28. The summed E-state index contributed by atoms with van der Waals surface area (Å²) >= 11 is 0. The summed E-state index contributed by atoms with van der Waals surface area (Å²) in [7, 11) is 0. The van der Waals surface area contributed by atoms with Crippen LogP contribution in [0, 0.1) is 0 Å². The second-order valence-electron chi connectivity index (χ2n) is 3.24. The van der Waals surface area contributed by atoms with Crippen LogP contribution >= 0.6 is 0 Å². The van der Waals surface area contributed by atoms with Crippen molar-refractivity contribution in [3.05, 3.63) is 11.6 Å². The molecule has 0 aliphatic carbocycles. The van der Waals surface area contributed by atoms with Gasteiger partial charge in [0.2, 0.25) is 11.6 Å². The summed E-state index contributed by atoms with van der Waals surface area (Å²) in [4.78, 5) is 14.7. The smallest absolute Gasteiger partial charge is 0.362 e. The summed E-state index contributed by atoms with van der Waals surface area (Å²) in [5.74, 6) is -0.618. The summed E-state index contributed by atoms with van der Waals surface area (Å²) < 4.78 is 10.3. The van der Waals surface area contributed by atoms with Gasteiger partial charge in [-0.1, -0.05) is 13.8 Å². The van der Waals surface area contributed by atoms with Gasteiger partial charge in [0.15, 0.2) is 0 Å². The number of carboxylic acid groups (broad SMARTS) is 1. The first kappa shape index (κ1) is 11.6. The van der Waals surface area contributed by atoms with Crippen LogP contribution in [0.3, 0.4) is 0 Å². The molecule has 0 radical (unpaired) electrons. The predicted molar refractivity (Wildman–Crippen MR) is 53.3 cm³/mol. The van der Waals surface area contributed by atoms with E-state index in [-0.39, 0.29) is 17.6 Å². The molecule has 0 spiro atoms. The van der Waals surface area contributed by atoms with Crippen LogP contribution in [-0.4, -0.2) is 22.7 Å². The lowest BCUT2D eigenvalue weighted by Crippen LogP contribution is -2.01. The van der Waals surface area contributed by atoms with Crippen molar-refractivity contribution in [2.75, 3.05) is 6.61 Å². The lowest BCUT2D eigenvalue weighted by Gasteiger charge is -2.00. The van der Waals surface area contributed by atoms with Gasteiger partial charge in [0.25, 0.3) is 0 Å². The minimum atomic E-state index is -1.13. The Bertz CT molecular complexity index is 345. The topological polar surface area (TPSA) is 72.6 Å². The number of hydrogen-bond acceptors (Lipinski definition) is 4. The van der Waals surface area contributed by atoms with Crippen LogP contribution in [0.25, 0.3) is 0 Å². The van der Waals surface area contributed by atoms with Gasteiger partial charge in [0, 0.05) is 5.92 Å². The molecule has 1 rings (SSSR count). The molecule has 15 heavy (non-hydrogen) atoms. The molecule has 0 saturated carbocycles. The Morgan fingerprint density at radius 2 is 2.27 bits per heavy atom. The molecule has 1 heterocycles. The van der Waals surface area contributed by atoms with E-state index in [9.17, 15) is 4.79 Å². The molecule has 0 aliphatic rings. The van der Waals surface area contributed by atoms with Gasteiger partial charge < -0.3 is 14.3 Å². The van der Waals surface area contributed by atoms with Crippen LogP contribution in [0.15, 0.2) is 4.42 Å². The van der Waals surface area contributed by atoms with E-state index in [0.717, 1.165) is 6.42 Å². The van der Waals surface area contributed by atoms with E-state index in [1.165, 1.54) is 0 Å². The maximum atomic E-state index is 10.8. The molecule has 0 fully saturated rings. The van der Waals surface area contributed by atoms with Crippen molar-refractivity contribution in [1.29, 1.82) is 0 Å². The van der Waals surface area contributed by atoms with E-state index < -0.39 is 5.97 Å². The number of aromatic carboxylic acids is 1. The summed E-state index contributed by atoms with van der Waals surface area (Å²) in [6.45, 7) is 6.02. The molecule has 1 atom stereocenters. The Morgan fingerprint density at radius 3 is 2.73 bits per heavy atom. The Balaban J connectivity index is 3.03. The molecule has 5 heteroatoms. The fraction of sp³-hybridized carbons (Fsp3) is 0.600. The number of ether oxygens (including phenoxy) is 1. The van der Waals surface area contributed by atoms with Crippen LogP contribution in [0.4, 0.5) is 0 Å². The van der Waals surface area contributed by atoms with Crippen LogP contribution < -0.4 is 4.74 Å². The molecular formula is C10H15NO4. The Hall–Kier alpha value is -1.52. The second-order valence-corrected chi connectivity index (χ2v) is 3.24. The second kappa shape index (κ2) is 4.82. The van der Waals surface area contributed by atoms with Crippen molar-refractivity contribution < 1.29 is 19.1 Å². The summed E-state index contributed by atoms with van der Waals surface area (Å²) in [5.41, 5.74) is -0.146. The molecule has 84 valence electrons. The van der Waals surface area contributed by atoms with Gasteiger partial charge in [-0.15, -0.1) is 0 Å². The number of rotatable bonds is 5. The number of oxazole rings is 1. The van der Waals surface area contributed by atoms with Gasteiger partial charge in [-0.05, 0) is 13.3 Å². The molecular weight excluding hydrogens is 198 g/mol. The molecule has 1 unspecified atom stereocenters. The number of carbonyl (C=O) groups is 1. The van der Waals surface area contributed by atoms with E-state index in [2.05, 4.69) is 4.98 Å². The Kier molecular flexibility index (Phi) is 3.71. The highest BCUT2D eigenvalue weighted by atomic mass is 16.6. The lowest BCUT2D eigenvalue weighted by atomic mass is 10.1. The highest BCUT2D eigenvalue weighted by Crippen LogP contribution is 2.26. The van der Waals surface area contributed by atoms with E-state index in [1.54, 1.807) is 6.92 Å². The third-order valence-corrected chi connectivity index (χ3v) is 2.12. The van der Waals surface area contributed by atoms with Crippen molar-refractivity contribution in [1.82, 2.24) is 4.98 Å². The van der Waals surface area contributed by atoms with Crippen LogP contribution in [0.1, 0.15) is 49.5 Å². The molecule has 5 nitrogen and oxygen atoms in total. The summed E-state index contributed by atoms with van der Waals surface area (Å²) in [6, 6.07) is 0. The van der Waals surface area contributed by atoms with Crippen LogP contribution in [0.2, 0.25) is 0 Å². The third kappa shape index (κ3) is 2.49. The average Bonchev–Trinajstić information content (AvgIpc) is 2.61. The van der Waals surface area contributed by atoms with Gasteiger partial charge in [0.1, 0.15) is 0 Å². The monoisotopic (exact) mass is 213 g/mol. The average molecular weight is 213 g/mol. The quantitative estimate of drug-likeness (QED) is 0.812. The first-order valence-electron chi connectivity index (χ1n) is 4.96. The van der Waals surface area contributed by atoms with E-state index in [1.807, 2.05) is 13.8 Å². The van der Waals surface area contributed by atoms with Crippen molar-refractivity contribution in [3.63, 3.8) is 0 Å². The standard InChI is InChI=1S/C10H15NO4/c1-4-6(3)8-11-7(9(12)13)10(15-8)14-5-2/h6H,4-5H2,1-3H3,(H,12,13). The molecule has 1 N–H and O–H groups in total. The normalized spacial score (nSPS) is 12.5. The number of aromatic nitrogens is 1. The van der Waals surface area contributed by atoms with E-state index in [4.69, 9.17) is 14.3 Å². The molecule has 1 aromatic heterocycles. The van der Waals surface area contributed by atoms with Gasteiger partial charge in [-0.3, -0.25) is 0 Å².